The molecule has 0 saturated heterocycles. The summed E-state index contributed by atoms with van der Waals surface area (Å²) < 4.78 is 35.0. The van der Waals surface area contributed by atoms with Crippen molar-refractivity contribution in [1.29, 1.82) is 0 Å². The number of thiazole rings is 1. The van der Waals surface area contributed by atoms with E-state index in [0.29, 0.717) is 13.0 Å². The Morgan fingerprint density at radius 2 is 2.00 bits per heavy atom. The van der Waals surface area contributed by atoms with E-state index in [-0.39, 0.29) is 5.75 Å². The quantitative estimate of drug-likeness (QED) is 0.257. The molecule has 0 aliphatic carbocycles. The molecule has 3 aromatic rings. The summed E-state index contributed by atoms with van der Waals surface area (Å²) in [6, 6.07) is 12.3. The van der Waals surface area contributed by atoms with Gasteiger partial charge in [0.15, 0.2) is 6.54 Å². The van der Waals surface area contributed by atoms with Gasteiger partial charge in [0, 0.05) is 35.0 Å². The maximum atomic E-state index is 11.3. The van der Waals surface area contributed by atoms with Crippen molar-refractivity contribution < 1.29 is 17.5 Å². The van der Waals surface area contributed by atoms with Crippen LogP contribution in [-0.2, 0) is 16.7 Å². The van der Waals surface area contributed by atoms with Gasteiger partial charge in [0.25, 0.3) is 15.1 Å². The lowest BCUT2D eigenvalue weighted by atomic mass is 10.2. The summed E-state index contributed by atoms with van der Waals surface area (Å²) in [5, 5.41) is 2.97. The van der Waals surface area contributed by atoms with Gasteiger partial charge in [0.1, 0.15) is 4.70 Å². The van der Waals surface area contributed by atoms with Crippen LogP contribution in [0.2, 0.25) is 5.02 Å². The van der Waals surface area contributed by atoms with Crippen LogP contribution in [0.25, 0.3) is 16.3 Å². The average Bonchev–Trinajstić information content (AvgIpc) is 3.29. The average molecular weight is 536 g/mol. The summed E-state index contributed by atoms with van der Waals surface area (Å²) in [5.74, 6) is -0.250. The first-order valence-electron chi connectivity index (χ1n) is 11.2. The van der Waals surface area contributed by atoms with Crippen molar-refractivity contribution in [3.8, 4) is 0 Å². The van der Waals surface area contributed by atoms with E-state index in [1.165, 1.54) is 15.5 Å². The summed E-state index contributed by atoms with van der Waals surface area (Å²) >= 11 is 9.69. The second-order valence-corrected chi connectivity index (χ2v) is 12.3. The van der Waals surface area contributed by atoms with Crippen LogP contribution in [0.15, 0.2) is 58.0 Å². The Morgan fingerprint density at radius 3 is 2.71 bits per heavy atom. The third-order valence-corrected chi connectivity index (χ3v) is 8.97. The van der Waals surface area contributed by atoms with Crippen molar-refractivity contribution >= 4 is 66.8 Å². The molecule has 4 rings (SSSR count). The Hall–Kier alpha value is -1.84. The second-order valence-electron chi connectivity index (χ2n) is 8.22. The minimum atomic E-state index is -3.99. The summed E-state index contributed by atoms with van der Waals surface area (Å²) in [6.45, 7) is 7.70. The van der Waals surface area contributed by atoms with E-state index in [9.17, 15) is 13.0 Å². The fourth-order valence-electron chi connectivity index (χ4n) is 4.02. The molecule has 34 heavy (non-hydrogen) atoms. The highest BCUT2D eigenvalue weighted by atomic mass is 35.5. The monoisotopic (exact) mass is 535 g/mol. The number of anilines is 1. The Kier molecular flexibility index (Phi) is 7.74. The van der Waals surface area contributed by atoms with Gasteiger partial charge in [-0.3, -0.25) is 4.55 Å². The number of aromatic nitrogens is 1. The number of thioether (sulfide) groups is 1. The molecule has 0 unspecified atom stereocenters. The Bertz CT molecular complexity index is 1390. The largest absolute Gasteiger partial charge is 0.335 e. The summed E-state index contributed by atoms with van der Waals surface area (Å²) in [6.07, 6.45) is 5.64. The molecule has 1 aliphatic heterocycles. The number of hydrogen-bond donors (Lipinski definition) is 1. The molecule has 0 fully saturated rings. The number of halogens is 1. The van der Waals surface area contributed by atoms with Crippen LogP contribution in [0.1, 0.15) is 37.3 Å². The molecule has 0 spiro atoms. The molecular formula is C25H28ClN2O3S3+. The number of rotatable bonds is 8. The van der Waals surface area contributed by atoms with Gasteiger partial charge in [0.05, 0.1) is 16.5 Å². The maximum absolute atomic E-state index is 11.3. The first-order chi connectivity index (χ1) is 16.2. The Morgan fingerprint density at radius 1 is 1.21 bits per heavy atom. The van der Waals surface area contributed by atoms with E-state index < -0.39 is 10.1 Å². The SMILES string of the molecule is CCC(=Cc1sc2ccc(C)cc2[n+]1CCCS(=O)(=O)O)C=C1Sc2ccc(Cl)cc2N1CC. The molecule has 5 nitrogen and oxygen atoms in total. The van der Waals surface area contributed by atoms with Crippen molar-refractivity contribution in [2.75, 3.05) is 17.2 Å². The number of fused-ring (bicyclic) bond motifs is 2. The predicted molar refractivity (Wildman–Crippen MR) is 144 cm³/mol. The normalized spacial score (nSPS) is 15.5. The zero-order chi connectivity index (χ0) is 24.5. The fraction of sp³-hybridized carbons (Fsp3) is 0.320. The third kappa shape index (κ3) is 5.69. The van der Waals surface area contributed by atoms with E-state index in [1.807, 2.05) is 12.1 Å². The van der Waals surface area contributed by atoms with E-state index in [4.69, 9.17) is 11.6 Å². The van der Waals surface area contributed by atoms with Crippen LogP contribution in [0, 0.1) is 6.92 Å². The number of allylic oxidation sites excluding steroid dienone is 2. The van der Waals surface area contributed by atoms with Gasteiger partial charge in [-0.25, -0.2) is 0 Å². The van der Waals surface area contributed by atoms with Crippen LogP contribution in [0.4, 0.5) is 5.69 Å². The van der Waals surface area contributed by atoms with Crippen molar-refractivity contribution in [2.45, 2.75) is 45.1 Å². The minimum absolute atomic E-state index is 0.250. The Labute approximate surface area is 214 Å². The third-order valence-electron chi connectivity index (χ3n) is 5.70. The summed E-state index contributed by atoms with van der Waals surface area (Å²) in [7, 11) is -3.99. The minimum Gasteiger partial charge on any atom is -0.335 e. The van der Waals surface area contributed by atoms with Crippen LogP contribution in [-0.4, -0.2) is 25.3 Å². The topological polar surface area (TPSA) is 61.5 Å². The van der Waals surface area contributed by atoms with E-state index in [2.05, 4.69) is 66.7 Å². The standard InChI is InChI=1S/C25H27ClN2O3S3/c1-4-18(14-24-27(5-2)21-16-19(26)8-10-23(21)32-24)15-25-28(11-6-12-34(29,30)31)20-13-17(3)7-9-22(20)33-25/h7-10,13-16H,4-6,11-12H2,1-3H3/p+1. The molecule has 0 atom stereocenters. The lowest BCUT2D eigenvalue weighted by Gasteiger charge is -2.18. The van der Waals surface area contributed by atoms with Crippen molar-refractivity contribution in [3.63, 3.8) is 0 Å². The first-order valence-corrected chi connectivity index (χ1v) is 14.9. The van der Waals surface area contributed by atoms with Gasteiger partial charge in [-0.1, -0.05) is 47.7 Å². The lowest BCUT2D eigenvalue weighted by molar-refractivity contribution is -0.668. The molecular weight excluding hydrogens is 508 g/mol. The highest BCUT2D eigenvalue weighted by Gasteiger charge is 2.25. The molecule has 9 heteroatoms. The van der Waals surface area contributed by atoms with Crippen LogP contribution in [0.5, 0.6) is 0 Å². The van der Waals surface area contributed by atoms with Gasteiger partial charge in [-0.05, 0) is 61.7 Å². The van der Waals surface area contributed by atoms with E-state index in [0.717, 1.165) is 44.5 Å². The summed E-state index contributed by atoms with van der Waals surface area (Å²) in [4.78, 5) is 3.48. The fourth-order valence-corrected chi connectivity index (χ4v) is 7.01. The number of benzene rings is 2. The number of hydrogen-bond acceptors (Lipinski definition) is 5. The molecule has 0 bridgehead atoms. The lowest BCUT2D eigenvalue weighted by Crippen LogP contribution is -2.36. The molecule has 2 aromatic carbocycles. The summed E-state index contributed by atoms with van der Waals surface area (Å²) in [5.41, 5.74) is 4.56. The van der Waals surface area contributed by atoms with Crippen LogP contribution >= 0.6 is 34.7 Å². The molecule has 180 valence electrons. The Balaban J connectivity index is 1.72. The number of aryl methyl sites for hydroxylation is 2. The molecule has 1 aliphatic rings. The molecule has 0 saturated carbocycles. The van der Waals surface area contributed by atoms with E-state index in [1.54, 1.807) is 23.1 Å². The van der Waals surface area contributed by atoms with Crippen molar-refractivity contribution in [1.82, 2.24) is 0 Å². The van der Waals surface area contributed by atoms with Gasteiger partial charge >= 0.3 is 0 Å². The van der Waals surface area contributed by atoms with Crippen LogP contribution in [0.3, 0.4) is 0 Å². The highest BCUT2D eigenvalue weighted by Crippen LogP contribution is 2.47. The van der Waals surface area contributed by atoms with Crippen molar-refractivity contribution in [2.24, 2.45) is 0 Å². The van der Waals surface area contributed by atoms with Gasteiger partial charge in [-0.15, -0.1) is 0 Å². The predicted octanol–water partition coefficient (Wildman–Crippen LogP) is 6.70. The first kappa shape index (κ1) is 25.3. The number of nitrogens with zero attached hydrogens (tertiary/aromatic N) is 2. The van der Waals surface area contributed by atoms with Crippen LogP contribution < -0.4 is 9.47 Å². The molecule has 0 amide bonds. The zero-order valence-electron chi connectivity index (χ0n) is 19.4. The molecule has 1 N–H and O–H groups in total. The molecule has 0 radical (unpaired) electrons. The zero-order valence-corrected chi connectivity index (χ0v) is 22.6. The van der Waals surface area contributed by atoms with Gasteiger partial charge < -0.3 is 4.90 Å². The molecule has 1 aromatic heterocycles. The highest BCUT2D eigenvalue weighted by molar-refractivity contribution is 8.03. The molecule has 2 heterocycles. The van der Waals surface area contributed by atoms with Gasteiger partial charge in [0.2, 0.25) is 5.52 Å². The van der Waals surface area contributed by atoms with Gasteiger partial charge in [-0.2, -0.15) is 13.0 Å². The van der Waals surface area contributed by atoms with E-state index >= 15 is 0 Å². The van der Waals surface area contributed by atoms with Crippen molar-refractivity contribution in [3.05, 3.63) is 68.7 Å². The maximum Gasteiger partial charge on any atom is 0.265 e. The second kappa shape index (κ2) is 10.4. The smallest absolute Gasteiger partial charge is 0.265 e.